The summed E-state index contributed by atoms with van der Waals surface area (Å²) in [5, 5.41) is 17.5. The van der Waals surface area contributed by atoms with E-state index in [1.165, 1.54) is 0 Å². The third kappa shape index (κ3) is 2.99. The van der Waals surface area contributed by atoms with Crippen molar-refractivity contribution in [2.24, 2.45) is 0 Å². The molecule has 0 fully saturated rings. The monoisotopic (exact) mass is 261 g/mol. The molecule has 0 aliphatic rings. The van der Waals surface area contributed by atoms with E-state index >= 15 is 0 Å². The minimum absolute atomic E-state index is 0.0135. The van der Waals surface area contributed by atoms with Gasteiger partial charge in [-0.2, -0.15) is 5.10 Å². The fourth-order valence-electron chi connectivity index (χ4n) is 1.96. The average Bonchev–Trinajstić information content (AvgIpc) is 2.86. The number of hydrogen-bond acceptors (Lipinski definition) is 4. The highest BCUT2D eigenvalue weighted by Gasteiger charge is 2.11. The zero-order valence-corrected chi connectivity index (χ0v) is 11.4. The number of hydrogen-bond donors (Lipinski definition) is 2. The van der Waals surface area contributed by atoms with Crippen molar-refractivity contribution in [1.82, 2.24) is 9.78 Å². The van der Waals surface area contributed by atoms with Gasteiger partial charge in [0.2, 0.25) is 0 Å². The number of anilines is 1. The van der Waals surface area contributed by atoms with Gasteiger partial charge in [0.15, 0.2) is 0 Å². The summed E-state index contributed by atoms with van der Waals surface area (Å²) < 4.78 is 6.92. The Morgan fingerprint density at radius 1 is 1.47 bits per heavy atom. The van der Waals surface area contributed by atoms with Crippen molar-refractivity contribution >= 4 is 5.69 Å². The van der Waals surface area contributed by atoms with E-state index in [4.69, 9.17) is 4.74 Å². The van der Waals surface area contributed by atoms with Gasteiger partial charge in [0.05, 0.1) is 25.0 Å². The first-order valence-electron chi connectivity index (χ1n) is 6.30. The summed E-state index contributed by atoms with van der Waals surface area (Å²) in [6, 6.07) is 5.29. The maximum absolute atomic E-state index is 9.98. The number of aryl methyl sites for hydroxylation is 1. The molecule has 1 unspecified atom stereocenters. The lowest BCUT2D eigenvalue weighted by molar-refractivity contribution is 0.406. The van der Waals surface area contributed by atoms with Crippen molar-refractivity contribution in [2.75, 3.05) is 12.4 Å². The van der Waals surface area contributed by atoms with Crippen LogP contribution in [0.5, 0.6) is 11.5 Å². The molecule has 1 aromatic carbocycles. The van der Waals surface area contributed by atoms with E-state index < -0.39 is 0 Å². The normalized spacial score (nSPS) is 12.2. The van der Waals surface area contributed by atoms with Crippen LogP contribution in [0.4, 0.5) is 5.69 Å². The predicted octanol–water partition coefficient (Wildman–Crippen LogP) is 2.79. The van der Waals surface area contributed by atoms with Gasteiger partial charge in [-0.25, -0.2) is 0 Å². The summed E-state index contributed by atoms with van der Waals surface area (Å²) >= 11 is 0. The number of aromatic hydroxyl groups is 1. The molecule has 19 heavy (non-hydrogen) atoms. The molecule has 1 aromatic heterocycles. The lowest BCUT2D eigenvalue weighted by atomic mass is 10.1. The fraction of sp³-hybridized carbons (Fsp3) is 0.357. The largest absolute Gasteiger partial charge is 0.507 e. The molecule has 0 radical (unpaired) electrons. The number of nitrogens with one attached hydrogen (secondary N) is 1. The van der Waals surface area contributed by atoms with Gasteiger partial charge >= 0.3 is 0 Å². The molecule has 0 saturated carbocycles. The van der Waals surface area contributed by atoms with Crippen molar-refractivity contribution in [1.29, 1.82) is 0 Å². The molecular weight excluding hydrogens is 242 g/mol. The maximum Gasteiger partial charge on any atom is 0.124 e. The predicted molar refractivity (Wildman–Crippen MR) is 74.6 cm³/mol. The van der Waals surface area contributed by atoms with E-state index in [0.717, 1.165) is 17.8 Å². The van der Waals surface area contributed by atoms with E-state index in [2.05, 4.69) is 10.4 Å². The highest BCUT2D eigenvalue weighted by Crippen LogP contribution is 2.30. The Kier molecular flexibility index (Phi) is 3.94. The third-order valence-electron chi connectivity index (χ3n) is 3.04. The third-order valence-corrected chi connectivity index (χ3v) is 3.04. The number of rotatable bonds is 5. The van der Waals surface area contributed by atoms with Crippen LogP contribution in [-0.2, 0) is 6.54 Å². The summed E-state index contributed by atoms with van der Waals surface area (Å²) in [6.45, 7) is 4.87. The van der Waals surface area contributed by atoms with Gasteiger partial charge in [-0.15, -0.1) is 0 Å². The number of ether oxygens (including phenoxy) is 1. The van der Waals surface area contributed by atoms with E-state index in [1.807, 2.05) is 36.9 Å². The summed E-state index contributed by atoms with van der Waals surface area (Å²) in [6.07, 6.45) is 3.72. The van der Waals surface area contributed by atoms with Crippen molar-refractivity contribution in [3.63, 3.8) is 0 Å². The molecule has 5 nitrogen and oxygen atoms in total. The van der Waals surface area contributed by atoms with E-state index in [9.17, 15) is 5.11 Å². The SMILES string of the molecule is CCn1cc(NC(C)c2ccc(OC)cc2O)cn1. The molecule has 0 aliphatic heterocycles. The van der Waals surface area contributed by atoms with Crippen LogP contribution in [0.2, 0.25) is 0 Å². The van der Waals surface area contributed by atoms with Crippen molar-refractivity contribution in [3.8, 4) is 11.5 Å². The van der Waals surface area contributed by atoms with Gasteiger partial charge in [-0.1, -0.05) is 0 Å². The van der Waals surface area contributed by atoms with Gasteiger partial charge in [-0.3, -0.25) is 4.68 Å². The fourth-order valence-corrected chi connectivity index (χ4v) is 1.96. The van der Waals surface area contributed by atoms with Crippen LogP contribution in [0, 0.1) is 0 Å². The molecule has 0 aliphatic carbocycles. The first-order valence-corrected chi connectivity index (χ1v) is 6.30. The van der Waals surface area contributed by atoms with Crippen molar-refractivity contribution < 1.29 is 9.84 Å². The second kappa shape index (κ2) is 5.65. The van der Waals surface area contributed by atoms with Crippen LogP contribution in [0.25, 0.3) is 0 Å². The summed E-state index contributed by atoms with van der Waals surface area (Å²) in [5.74, 6) is 0.870. The lowest BCUT2D eigenvalue weighted by Gasteiger charge is -2.16. The minimum atomic E-state index is -0.0135. The van der Waals surface area contributed by atoms with Gasteiger partial charge in [0, 0.05) is 24.4 Å². The molecule has 102 valence electrons. The summed E-state index contributed by atoms with van der Waals surface area (Å²) in [4.78, 5) is 0. The van der Waals surface area contributed by atoms with Crippen LogP contribution in [0.15, 0.2) is 30.6 Å². The zero-order valence-electron chi connectivity index (χ0n) is 11.4. The number of benzene rings is 1. The molecule has 0 saturated heterocycles. The highest BCUT2D eigenvalue weighted by molar-refractivity contribution is 5.47. The molecule has 5 heteroatoms. The molecule has 1 atom stereocenters. The van der Waals surface area contributed by atoms with Gasteiger partial charge < -0.3 is 15.2 Å². The van der Waals surface area contributed by atoms with Crippen LogP contribution in [-0.4, -0.2) is 22.0 Å². The van der Waals surface area contributed by atoms with E-state index in [0.29, 0.717) is 5.75 Å². The lowest BCUT2D eigenvalue weighted by Crippen LogP contribution is -2.06. The standard InChI is InChI=1S/C14H19N3O2/c1-4-17-9-11(8-15-17)16-10(2)13-6-5-12(19-3)7-14(13)18/h5-10,16,18H,4H2,1-3H3. The first kappa shape index (κ1) is 13.3. The molecule has 0 spiro atoms. The van der Waals surface area contributed by atoms with Gasteiger partial charge in [0.25, 0.3) is 0 Å². The van der Waals surface area contributed by atoms with E-state index in [1.54, 1.807) is 19.4 Å². The maximum atomic E-state index is 9.98. The molecule has 0 amide bonds. The Morgan fingerprint density at radius 3 is 2.84 bits per heavy atom. The topological polar surface area (TPSA) is 59.3 Å². The van der Waals surface area contributed by atoms with Gasteiger partial charge in [0.1, 0.15) is 11.5 Å². The second-order valence-electron chi connectivity index (χ2n) is 4.38. The molecular formula is C14H19N3O2. The number of nitrogens with zero attached hydrogens (tertiary/aromatic N) is 2. The van der Waals surface area contributed by atoms with Crippen LogP contribution < -0.4 is 10.1 Å². The van der Waals surface area contributed by atoms with Crippen molar-refractivity contribution in [2.45, 2.75) is 26.4 Å². The molecule has 1 heterocycles. The molecule has 2 aromatic rings. The number of aromatic nitrogens is 2. The van der Waals surface area contributed by atoms with Gasteiger partial charge in [-0.05, 0) is 26.0 Å². The van der Waals surface area contributed by atoms with Crippen molar-refractivity contribution in [3.05, 3.63) is 36.2 Å². The summed E-state index contributed by atoms with van der Waals surface area (Å²) in [5.41, 5.74) is 1.76. The van der Waals surface area contributed by atoms with Crippen LogP contribution >= 0.6 is 0 Å². The second-order valence-corrected chi connectivity index (χ2v) is 4.38. The summed E-state index contributed by atoms with van der Waals surface area (Å²) in [7, 11) is 1.58. The Morgan fingerprint density at radius 2 is 2.26 bits per heavy atom. The zero-order chi connectivity index (χ0) is 13.8. The molecule has 2 N–H and O–H groups in total. The number of phenolic OH excluding ortho intramolecular Hbond substituents is 1. The number of methoxy groups -OCH3 is 1. The molecule has 0 bridgehead atoms. The van der Waals surface area contributed by atoms with Crippen LogP contribution in [0.1, 0.15) is 25.5 Å². The Balaban J connectivity index is 2.13. The van der Waals surface area contributed by atoms with E-state index in [-0.39, 0.29) is 11.8 Å². The quantitative estimate of drug-likeness (QED) is 0.869. The number of phenols is 1. The minimum Gasteiger partial charge on any atom is -0.507 e. The first-order chi connectivity index (χ1) is 9.13. The Bertz CT molecular complexity index is 551. The molecule has 2 rings (SSSR count). The highest BCUT2D eigenvalue weighted by atomic mass is 16.5. The Hall–Kier alpha value is -2.17. The van der Waals surface area contributed by atoms with Crippen LogP contribution in [0.3, 0.4) is 0 Å². The smallest absolute Gasteiger partial charge is 0.124 e. The Labute approximate surface area is 112 Å². The average molecular weight is 261 g/mol.